The average Bonchev–Trinajstić information content (AvgIpc) is 3.15. The molecule has 1 N–H and O–H groups in total. The fraction of sp³-hybridized carbons (Fsp3) is 0.722. The van der Waals surface area contributed by atoms with Gasteiger partial charge in [0.2, 0.25) is 0 Å². The molecule has 2 nitrogen and oxygen atoms in total. The molecule has 0 heterocycles. The molecule has 3 aliphatic rings. The molecule has 4 unspecified atom stereocenters. The molecule has 24 heavy (non-hydrogen) atoms. The van der Waals surface area contributed by atoms with Crippen LogP contribution in [0.15, 0.2) is 17.7 Å². The number of halogens is 2. The van der Waals surface area contributed by atoms with Crippen LogP contribution in [0, 0.1) is 29.7 Å². The van der Waals surface area contributed by atoms with Crippen molar-refractivity contribution >= 4 is 15.4 Å². The third-order valence-corrected chi connectivity index (χ3v) is 4.45. The number of rotatable bonds is 2. The molecule has 0 saturated heterocycles. The average molecular weight is 423 g/mol. The van der Waals surface area contributed by atoms with Crippen molar-refractivity contribution in [2.45, 2.75) is 59.0 Å². The Morgan fingerprint density at radius 1 is 1.29 bits per heavy atom. The van der Waals surface area contributed by atoms with Crippen LogP contribution in [0.25, 0.3) is 5.73 Å². The molecule has 3 rings (SSSR count). The number of amides is 1. The second kappa shape index (κ2) is 15.7. The second-order valence-electron chi connectivity index (χ2n) is 6.39. The van der Waals surface area contributed by atoms with E-state index in [0.717, 1.165) is 28.3 Å². The predicted octanol–water partition coefficient (Wildman–Crippen LogP) is -1.14. The van der Waals surface area contributed by atoms with Gasteiger partial charge in [-0.3, -0.25) is 6.08 Å². The summed E-state index contributed by atoms with van der Waals surface area (Å²) in [6.07, 6.45) is 13.5. The summed E-state index contributed by atoms with van der Waals surface area (Å²) in [5.41, 5.74) is 8.35. The fourth-order valence-electron chi connectivity index (χ4n) is 3.43. The number of fused-ring (bicyclic) bond motifs is 2. The van der Waals surface area contributed by atoms with Gasteiger partial charge < -0.3 is 35.3 Å². The molecule has 3 aliphatic carbocycles. The van der Waals surface area contributed by atoms with Crippen LogP contribution < -0.4 is 24.8 Å². The van der Waals surface area contributed by atoms with Crippen molar-refractivity contribution in [3.05, 3.63) is 29.5 Å². The summed E-state index contributed by atoms with van der Waals surface area (Å²) in [6, 6.07) is 0. The van der Waals surface area contributed by atoms with Crippen LogP contribution >= 0.6 is 0 Å². The normalized spacial score (nSPS) is 27.9. The number of allylic oxidation sites excluding steroid dienone is 4. The van der Waals surface area contributed by atoms with Crippen LogP contribution in [0.2, 0.25) is 13.1 Å². The first kappa shape index (κ1) is 29.2. The van der Waals surface area contributed by atoms with Gasteiger partial charge in [-0.1, -0.05) is 45.7 Å². The molecule has 0 aromatic rings. The van der Waals surface area contributed by atoms with Crippen LogP contribution in [0.5, 0.6) is 0 Å². The zero-order valence-electron chi connectivity index (χ0n) is 15.2. The van der Waals surface area contributed by atoms with E-state index in [1.807, 2.05) is 0 Å². The van der Waals surface area contributed by atoms with Crippen molar-refractivity contribution in [1.29, 1.82) is 0 Å². The molecule has 0 spiro atoms. The van der Waals surface area contributed by atoms with Crippen LogP contribution in [0.3, 0.4) is 0 Å². The predicted molar refractivity (Wildman–Crippen MR) is 92.5 cm³/mol. The first-order valence-corrected chi connectivity index (χ1v) is 10.6. The van der Waals surface area contributed by atoms with Gasteiger partial charge in [0.05, 0.1) is 5.91 Å². The SMILES string of the molecule is CCC1=[C-]C(C)C=C1.C[SiH]C.[Cl-].[Cl-].[NH-]C(=O)C1CC2CCC1C2.[Ti+4]. The minimum Gasteiger partial charge on any atom is -1.00 e. The Labute approximate surface area is 178 Å². The van der Waals surface area contributed by atoms with Crippen molar-refractivity contribution in [3.63, 3.8) is 0 Å². The van der Waals surface area contributed by atoms with Crippen molar-refractivity contribution in [1.82, 2.24) is 0 Å². The second-order valence-corrected chi connectivity index (χ2v) is 7.55. The molecule has 1 amide bonds. The summed E-state index contributed by atoms with van der Waals surface area (Å²) in [6.45, 7) is 8.73. The Bertz CT molecular complexity index is 404. The van der Waals surface area contributed by atoms with Crippen molar-refractivity contribution in [2.75, 3.05) is 0 Å². The molecule has 2 bridgehead atoms. The molecular weight excluding hydrogens is 393 g/mol. The van der Waals surface area contributed by atoms with Gasteiger partial charge >= 0.3 is 21.7 Å². The molecule has 0 aromatic heterocycles. The summed E-state index contributed by atoms with van der Waals surface area (Å²) in [5.74, 6) is 1.76. The van der Waals surface area contributed by atoms with Gasteiger partial charge in [0.15, 0.2) is 0 Å². The largest absolute Gasteiger partial charge is 4.00 e. The third kappa shape index (κ3) is 9.82. The van der Waals surface area contributed by atoms with Crippen molar-refractivity contribution < 1.29 is 51.3 Å². The Hall–Kier alpha value is 0.461. The molecule has 6 heteroatoms. The van der Waals surface area contributed by atoms with Gasteiger partial charge in [-0.25, -0.2) is 11.6 Å². The van der Waals surface area contributed by atoms with Gasteiger partial charge in [0, 0.05) is 15.4 Å². The van der Waals surface area contributed by atoms with Crippen LogP contribution in [0.4, 0.5) is 0 Å². The van der Waals surface area contributed by atoms with Gasteiger partial charge in [0.1, 0.15) is 0 Å². The van der Waals surface area contributed by atoms with E-state index in [4.69, 9.17) is 5.73 Å². The molecule has 0 aromatic carbocycles. The molecule has 2 saturated carbocycles. The standard InChI is InChI=1S/C8H13NO.C8H11.C2H7Si.2ClH.Ti/c9-8(10)7-4-5-1-2-6(7)3-5;1-3-8-5-4-7(2)6-8;1-3-2;;;/h5-7H,1-4H2,(H2,9,10);4-5,7H,3H2,1-2H3;3H,1-2H3;2*1H;/q;-1;;;;+4/p-3. The van der Waals surface area contributed by atoms with E-state index in [2.05, 4.69) is 45.2 Å². The number of nitrogens with one attached hydrogen (secondary N) is 1. The zero-order valence-corrected chi connectivity index (χ0v) is 19.5. The first-order chi connectivity index (χ1) is 10.0. The molecule has 2 fully saturated rings. The van der Waals surface area contributed by atoms with Crippen LogP contribution in [-0.2, 0) is 26.5 Å². The van der Waals surface area contributed by atoms with E-state index in [0.29, 0.717) is 11.8 Å². The smallest absolute Gasteiger partial charge is 1.00 e. The van der Waals surface area contributed by atoms with E-state index < -0.39 is 0 Å². The number of carbonyl (C=O) groups excluding carboxylic acids is 1. The molecule has 4 atom stereocenters. The Morgan fingerprint density at radius 2 is 1.88 bits per heavy atom. The zero-order chi connectivity index (χ0) is 15.8. The van der Waals surface area contributed by atoms with Crippen LogP contribution in [0.1, 0.15) is 46.0 Å². The van der Waals surface area contributed by atoms with E-state index in [1.165, 1.54) is 24.8 Å². The molecular formula is C18H30Cl2NOSiTi. The van der Waals surface area contributed by atoms with E-state index >= 15 is 0 Å². The van der Waals surface area contributed by atoms with Crippen LogP contribution in [-0.4, -0.2) is 15.4 Å². The third-order valence-electron chi connectivity index (χ3n) is 4.45. The summed E-state index contributed by atoms with van der Waals surface area (Å²) < 4.78 is 0. The maximum Gasteiger partial charge on any atom is 4.00 e. The van der Waals surface area contributed by atoms with E-state index in [1.54, 1.807) is 0 Å². The van der Waals surface area contributed by atoms with E-state index in [-0.39, 0.29) is 58.4 Å². The monoisotopic (exact) mass is 422 g/mol. The summed E-state index contributed by atoms with van der Waals surface area (Å²) in [7, 11) is 0.750. The van der Waals surface area contributed by atoms with Crippen molar-refractivity contribution in [3.8, 4) is 0 Å². The van der Waals surface area contributed by atoms with E-state index in [9.17, 15) is 4.79 Å². The number of hydrogen-bond donors (Lipinski definition) is 0. The van der Waals surface area contributed by atoms with Crippen molar-refractivity contribution in [2.24, 2.45) is 23.7 Å². The minimum absolute atomic E-state index is 0. The number of hydrogen-bond acceptors (Lipinski definition) is 1. The van der Waals surface area contributed by atoms with Gasteiger partial charge in [0.25, 0.3) is 0 Å². The quantitative estimate of drug-likeness (QED) is 0.409. The maximum atomic E-state index is 10.7. The van der Waals surface area contributed by atoms with Gasteiger partial charge in [-0.2, -0.15) is 6.08 Å². The molecule has 1 radical (unpaired) electrons. The summed E-state index contributed by atoms with van der Waals surface area (Å²) in [4.78, 5) is 10.7. The number of carbonyl (C=O) groups is 1. The molecule has 135 valence electrons. The fourth-order valence-corrected chi connectivity index (χ4v) is 3.43. The van der Waals surface area contributed by atoms with Gasteiger partial charge in [-0.05, 0) is 31.1 Å². The molecule has 0 aliphatic heterocycles. The maximum absolute atomic E-state index is 10.7. The summed E-state index contributed by atoms with van der Waals surface area (Å²) in [5, 5.41) is 0. The van der Waals surface area contributed by atoms with Gasteiger partial charge in [-0.15, -0.1) is 0 Å². The Morgan fingerprint density at radius 3 is 2.08 bits per heavy atom. The Kier molecular flexibility index (Phi) is 19.1. The topological polar surface area (TPSA) is 40.9 Å². The minimum atomic E-state index is -0.313. The Balaban J connectivity index is -0.000000290. The summed E-state index contributed by atoms with van der Waals surface area (Å²) >= 11 is 0. The first-order valence-electron chi connectivity index (χ1n) is 8.31.